The maximum absolute atomic E-state index is 8.92. The lowest BCUT2D eigenvalue weighted by Crippen LogP contribution is -2.35. The van der Waals surface area contributed by atoms with Crippen molar-refractivity contribution >= 4 is 0 Å². The minimum Gasteiger partial charge on any atom is -0.313 e. The summed E-state index contributed by atoms with van der Waals surface area (Å²) >= 11 is 0. The van der Waals surface area contributed by atoms with Crippen LogP contribution in [0.3, 0.4) is 0 Å². The average Bonchev–Trinajstić information content (AvgIpc) is 2.70. The van der Waals surface area contributed by atoms with E-state index in [1.54, 1.807) is 0 Å². The summed E-state index contributed by atoms with van der Waals surface area (Å²) in [6.07, 6.45) is 4.74. The first kappa shape index (κ1) is 13.5. The van der Waals surface area contributed by atoms with Crippen molar-refractivity contribution in [1.29, 1.82) is 5.26 Å². The minimum atomic E-state index is -0.160. The van der Waals surface area contributed by atoms with E-state index >= 15 is 0 Å². The van der Waals surface area contributed by atoms with Gasteiger partial charge in [0, 0.05) is 12.6 Å². The third-order valence-electron chi connectivity index (χ3n) is 3.34. The van der Waals surface area contributed by atoms with E-state index in [2.05, 4.69) is 23.3 Å². The summed E-state index contributed by atoms with van der Waals surface area (Å²) in [5.41, 5.74) is -0.160. The van der Waals surface area contributed by atoms with Gasteiger partial charge in [0.05, 0.1) is 11.5 Å². The molecule has 0 spiro atoms. The zero-order chi connectivity index (χ0) is 12.0. The summed E-state index contributed by atoms with van der Waals surface area (Å²) in [6.45, 7) is 7.47. The van der Waals surface area contributed by atoms with Gasteiger partial charge in [-0.2, -0.15) is 5.26 Å². The lowest BCUT2D eigenvalue weighted by molar-refractivity contribution is 0.279. The summed E-state index contributed by atoms with van der Waals surface area (Å²) in [6, 6.07) is 3.05. The molecule has 1 unspecified atom stereocenters. The summed E-state index contributed by atoms with van der Waals surface area (Å²) in [5.74, 6) is 0. The van der Waals surface area contributed by atoms with Gasteiger partial charge in [0.25, 0.3) is 0 Å². The van der Waals surface area contributed by atoms with Gasteiger partial charge in [-0.15, -0.1) is 0 Å². The first-order valence-electron chi connectivity index (χ1n) is 6.37. The smallest absolute Gasteiger partial charge is 0.0683 e. The number of nitriles is 1. The van der Waals surface area contributed by atoms with Crippen molar-refractivity contribution < 1.29 is 0 Å². The predicted molar refractivity (Wildman–Crippen MR) is 67.1 cm³/mol. The number of nitrogens with zero attached hydrogens (tertiary/aromatic N) is 2. The van der Waals surface area contributed by atoms with Crippen LogP contribution in [0.4, 0.5) is 0 Å². The fraction of sp³-hybridized carbons (Fsp3) is 0.923. The summed E-state index contributed by atoms with van der Waals surface area (Å²) < 4.78 is 0. The van der Waals surface area contributed by atoms with Crippen LogP contribution in [0.2, 0.25) is 0 Å². The first-order chi connectivity index (χ1) is 7.53. The molecule has 1 heterocycles. The van der Waals surface area contributed by atoms with Crippen LogP contribution in [-0.4, -0.2) is 37.6 Å². The third kappa shape index (κ3) is 4.96. The van der Waals surface area contributed by atoms with Crippen molar-refractivity contribution in [3.8, 4) is 6.07 Å². The molecule has 1 rings (SSSR count). The van der Waals surface area contributed by atoms with Gasteiger partial charge in [-0.05, 0) is 59.7 Å². The van der Waals surface area contributed by atoms with Crippen molar-refractivity contribution in [2.24, 2.45) is 5.41 Å². The van der Waals surface area contributed by atoms with Crippen molar-refractivity contribution in [3.05, 3.63) is 0 Å². The van der Waals surface area contributed by atoms with E-state index in [0.29, 0.717) is 6.04 Å². The van der Waals surface area contributed by atoms with Crippen LogP contribution >= 0.6 is 0 Å². The van der Waals surface area contributed by atoms with Crippen LogP contribution in [0.15, 0.2) is 0 Å². The standard InChI is InChI=1S/C13H25N3/c1-13(2,11-14)7-5-9-16(3)10-12-6-4-8-15-12/h12,15H,4-10H2,1-3H3. The molecular formula is C13H25N3. The molecule has 0 saturated carbocycles. The van der Waals surface area contributed by atoms with E-state index in [1.807, 2.05) is 13.8 Å². The molecule has 92 valence electrons. The van der Waals surface area contributed by atoms with E-state index in [1.165, 1.54) is 19.4 Å². The molecule has 3 heteroatoms. The number of hydrogen-bond donors (Lipinski definition) is 1. The van der Waals surface area contributed by atoms with Gasteiger partial charge in [-0.25, -0.2) is 0 Å². The zero-order valence-corrected chi connectivity index (χ0v) is 10.9. The highest BCUT2D eigenvalue weighted by molar-refractivity contribution is 4.91. The van der Waals surface area contributed by atoms with Crippen molar-refractivity contribution in [2.45, 2.75) is 45.6 Å². The molecule has 0 radical (unpaired) electrons. The van der Waals surface area contributed by atoms with Crippen LogP contribution in [0, 0.1) is 16.7 Å². The molecule has 0 aromatic rings. The number of nitrogens with one attached hydrogen (secondary N) is 1. The Kier molecular flexibility index (Phi) is 5.24. The molecule has 1 aliphatic heterocycles. The molecule has 3 nitrogen and oxygen atoms in total. The minimum absolute atomic E-state index is 0.160. The second-order valence-corrected chi connectivity index (χ2v) is 5.65. The average molecular weight is 223 g/mol. The van der Waals surface area contributed by atoms with Gasteiger partial charge in [0.15, 0.2) is 0 Å². The van der Waals surface area contributed by atoms with Gasteiger partial charge >= 0.3 is 0 Å². The zero-order valence-electron chi connectivity index (χ0n) is 10.9. The lowest BCUT2D eigenvalue weighted by Gasteiger charge is -2.22. The monoisotopic (exact) mass is 223 g/mol. The highest BCUT2D eigenvalue weighted by Crippen LogP contribution is 2.20. The summed E-state index contributed by atoms with van der Waals surface area (Å²) in [4.78, 5) is 2.39. The molecular weight excluding hydrogens is 198 g/mol. The molecule has 1 saturated heterocycles. The quantitative estimate of drug-likeness (QED) is 0.748. The van der Waals surface area contributed by atoms with Crippen molar-refractivity contribution in [2.75, 3.05) is 26.7 Å². The Morgan fingerprint density at radius 2 is 2.25 bits per heavy atom. The topological polar surface area (TPSA) is 39.1 Å². The Bertz CT molecular complexity index is 236. The molecule has 0 amide bonds. The molecule has 0 aliphatic carbocycles. The SMILES string of the molecule is CN(CCCC(C)(C)C#N)CC1CCCN1. The second kappa shape index (κ2) is 6.22. The highest BCUT2D eigenvalue weighted by atomic mass is 15.1. The van der Waals surface area contributed by atoms with Crippen LogP contribution in [0.25, 0.3) is 0 Å². The molecule has 0 aromatic heterocycles. The molecule has 1 aliphatic rings. The third-order valence-corrected chi connectivity index (χ3v) is 3.34. The predicted octanol–water partition coefficient (Wildman–Crippen LogP) is 2.00. The van der Waals surface area contributed by atoms with Gasteiger partial charge in [-0.3, -0.25) is 0 Å². The molecule has 1 fully saturated rings. The Morgan fingerprint density at radius 1 is 1.50 bits per heavy atom. The largest absolute Gasteiger partial charge is 0.313 e. The van der Waals surface area contributed by atoms with Crippen LogP contribution in [-0.2, 0) is 0 Å². The Labute approximate surface area is 99.8 Å². The van der Waals surface area contributed by atoms with Gasteiger partial charge in [0.2, 0.25) is 0 Å². The number of hydrogen-bond acceptors (Lipinski definition) is 3. The van der Waals surface area contributed by atoms with Crippen molar-refractivity contribution in [1.82, 2.24) is 10.2 Å². The van der Waals surface area contributed by atoms with Crippen LogP contribution in [0.1, 0.15) is 39.5 Å². The van der Waals surface area contributed by atoms with E-state index < -0.39 is 0 Å². The highest BCUT2D eigenvalue weighted by Gasteiger charge is 2.18. The Balaban J connectivity index is 2.10. The second-order valence-electron chi connectivity index (χ2n) is 5.65. The first-order valence-corrected chi connectivity index (χ1v) is 6.37. The molecule has 1 N–H and O–H groups in total. The van der Waals surface area contributed by atoms with Gasteiger partial charge in [0.1, 0.15) is 0 Å². The Hall–Kier alpha value is -0.590. The maximum atomic E-state index is 8.92. The van der Waals surface area contributed by atoms with E-state index in [-0.39, 0.29) is 5.41 Å². The lowest BCUT2D eigenvalue weighted by atomic mass is 9.90. The van der Waals surface area contributed by atoms with Gasteiger partial charge < -0.3 is 10.2 Å². The molecule has 1 atom stereocenters. The fourth-order valence-corrected chi connectivity index (χ4v) is 2.23. The van der Waals surface area contributed by atoms with Gasteiger partial charge in [-0.1, -0.05) is 0 Å². The molecule has 0 aromatic carbocycles. The maximum Gasteiger partial charge on any atom is 0.0683 e. The molecule has 0 bridgehead atoms. The summed E-state index contributed by atoms with van der Waals surface area (Å²) in [7, 11) is 2.18. The van der Waals surface area contributed by atoms with Crippen LogP contribution in [0.5, 0.6) is 0 Å². The summed E-state index contributed by atoms with van der Waals surface area (Å²) in [5, 5.41) is 12.4. The van der Waals surface area contributed by atoms with E-state index in [9.17, 15) is 0 Å². The molecule has 16 heavy (non-hydrogen) atoms. The number of rotatable bonds is 6. The van der Waals surface area contributed by atoms with E-state index in [0.717, 1.165) is 25.9 Å². The van der Waals surface area contributed by atoms with E-state index in [4.69, 9.17) is 5.26 Å². The van der Waals surface area contributed by atoms with Crippen LogP contribution < -0.4 is 5.32 Å². The normalized spacial score (nSPS) is 21.3. The number of likely N-dealkylation sites (N-methyl/N-ethyl adjacent to an activating group) is 1. The fourth-order valence-electron chi connectivity index (χ4n) is 2.23. The Morgan fingerprint density at radius 3 is 2.81 bits per heavy atom. The van der Waals surface area contributed by atoms with Crippen molar-refractivity contribution in [3.63, 3.8) is 0 Å².